The molecule has 0 saturated heterocycles. The first-order valence-corrected chi connectivity index (χ1v) is 6.88. The van der Waals surface area contributed by atoms with Crippen molar-refractivity contribution in [2.45, 2.75) is 19.9 Å². The lowest BCUT2D eigenvalue weighted by molar-refractivity contribution is 0.464. The molecule has 0 fully saturated rings. The van der Waals surface area contributed by atoms with Crippen LogP contribution in [-0.4, -0.2) is 5.11 Å². The van der Waals surface area contributed by atoms with Crippen LogP contribution in [0.5, 0.6) is 5.75 Å². The number of anilines is 1. The Balaban J connectivity index is 2.32. The van der Waals surface area contributed by atoms with E-state index < -0.39 is 17.7 Å². The van der Waals surface area contributed by atoms with E-state index in [0.29, 0.717) is 10.0 Å². The van der Waals surface area contributed by atoms with Crippen LogP contribution in [0.25, 0.3) is 0 Å². The zero-order chi connectivity index (χ0) is 14.9. The Labute approximate surface area is 124 Å². The standard InChI is InChI=1S/C15H14BrF2NO/c1-8-3-4-14(20)11(5-8)9(2)19-15-12(17)6-10(16)7-13(15)18/h3-7,9,19-20H,1-2H3. The summed E-state index contributed by atoms with van der Waals surface area (Å²) >= 11 is 3.03. The van der Waals surface area contributed by atoms with Crippen LogP contribution in [0.1, 0.15) is 24.1 Å². The van der Waals surface area contributed by atoms with E-state index >= 15 is 0 Å². The maximum Gasteiger partial charge on any atom is 0.150 e. The van der Waals surface area contributed by atoms with E-state index in [-0.39, 0.29) is 11.4 Å². The number of halogens is 3. The highest BCUT2D eigenvalue weighted by Crippen LogP contribution is 2.31. The van der Waals surface area contributed by atoms with Gasteiger partial charge in [0.05, 0.1) is 6.04 Å². The Morgan fingerprint density at radius 3 is 2.35 bits per heavy atom. The van der Waals surface area contributed by atoms with Gasteiger partial charge in [-0.3, -0.25) is 0 Å². The predicted octanol–water partition coefficient (Wildman–Crippen LogP) is 4.91. The normalized spacial score (nSPS) is 12.2. The molecule has 106 valence electrons. The van der Waals surface area contributed by atoms with Gasteiger partial charge in [0.1, 0.15) is 23.1 Å². The minimum absolute atomic E-state index is 0.0912. The molecule has 0 aromatic heterocycles. The second kappa shape index (κ2) is 5.79. The summed E-state index contributed by atoms with van der Waals surface area (Å²) in [6, 6.07) is 7.06. The number of nitrogens with one attached hydrogen (secondary N) is 1. The third-order valence-corrected chi connectivity index (χ3v) is 3.48. The number of rotatable bonds is 3. The lowest BCUT2D eigenvalue weighted by Gasteiger charge is -2.18. The van der Waals surface area contributed by atoms with Crippen molar-refractivity contribution in [3.63, 3.8) is 0 Å². The van der Waals surface area contributed by atoms with Gasteiger partial charge in [-0.05, 0) is 32.0 Å². The molecule has 2 rings (SSSR count). The topological polar surface area (TPSA) is 32.3 Å². The number of hydrogen-bond acceptors (Lipinski definition) is 2. The van der Waals surface area contributed by atoms with Gasteiger partial charge in [0.15, 0.2) is 0 Å². The largest absolute Gasteiger partial charge is 0.508 e. The number of phenolic OH excluding ortho intramolecular Hbond substituents is 1. The highest BCUT2D eigenvalue weighted by molar-refractivity contribution is 9.10. The van der Waals surface area contributed by atoms with Gasteiger partial charge in [0.2, 0.25) is 0 Å². The van der Waals surface area contributed by atoms with E-state index in [1.165, 1.54) is 12.1 Å². The molecule has 20 heavy (non-hydrogen) atoms. The summed E-state index contributed by atoms with van der Waals surface area (Å²) < 4.78 is 27.9. The molecular formula is C15H14BrF2NO. The lowest BCUT2D eigenvalue weighted by Crippen LogP contribution is -2.10. The van der Waals surface area contributed by atoms with Gasteiger partial charge in [-0.2, -0.15) is 0 Å². The van der Waals surface area contributed by atoms with E-state index in [2.05, 4.69) is 21.2 Å². The average molecular weight is 342 g/mol. The fraction of sp³-hybridized carbons (Fsp3) is 0.200. The molecular weight excluding hydrogens is 328 g/mol. The van der Waals surface area contributed by atoms with Crippen molar-refractivity contribution in [1.29, 1.82) is 0 Å². The molecule has 0 spiro atoms. The van der Waals surface area contributed by atoms with Crippen LogP contribution in [0, 0.1) is 18.6 Å². The number of aromatic hydroxyl groups is 1. The number of hydrogen-bond donors (Lipinski definition) is 2. The van der Waals surface area contributed by atoms with Crippen LogP contribution >= 0.6 is 15.9 Å². The van der Waals surface area contributed by atoms with Gasteiger partial charge in [-0.1, -0.05) is 33.6 Å². The fourth-order valence-corrected chi connectivity index (χ4v) is 2.40. The van der Waals surface area contributed by atoms with Crippen molar-refractivity contribution < 1.29 is 13.9 Å². The molecule has 2 aromatic carbocycles. The Bertz CT molecular complexity index is 623. The van der Waals surface area contributed by atoms with Gasteiger partial charge < -0.3 is 10.4 Å². The Kier molecular flexibility index (Phi) is 4.28. The summed E-state index contributed by atoms with van der Waals surface area (Å²) in [5.41, 5.74) is 1.34. The molecule has 0 aliphatic carbocycles. The molecule has 0 radical (unpaired) electrons. The van der Waals surface area contributed by atoms with Gasteiger partial charge in [-0.15, -0.1) is 0 Å². The second-order valence-electron chi connectivity index (χ2n) is 4.67. The lowest BCUT2D eigenvalue weighted by atomic mass is 10.0. The van der Waals surface area contributed by atoms with Gasteiger partial charge in [-0.25, -0.2) is 8.78 Å². The fourth-order valence-electron chi connectivity index (χ4n) is 2.00. The van der Waals surface area contributed by atoms with Crippen LogP contribution < -0.4 is 5.32 Å². The second-order valence-corrected chi connectivity index (χ2v) is 5.59. The van der Waals surface area contributed by atoms with E-state index in [1.54, 1.807) is 25.1 Å². The first-order valence-electron chi connectivity index (χ1n) is 6.09. The van der Waals surface area contributed by atoms with Crippen molar-refractivity contribution in [3.8, 4) is 5.75 Å². The molecule has 0 heterocycles. The van der Waals surface area contributed by atoms with Crippen LogP contribution in [0.2, 0.25) is 0 Å². The van der Waals surface area contributed by atoms with E-state index in [1.807, 2.05) is 6.92 Å². The molecule has 2 N–H and O–H groups in total. The first kappa shape index (κ1) is 14.8. The SMILES string of the molecule is Cc1ccc(O)c(C(C)Nc2c(F)cc(Br)cc2F)c1. The Morgan fingerprint density at radius 1 is 1.15 bits per heavy atom. The van der Waals surface area contributed by atoms with Crippen LogP contribution in [0.15, 0.2) is 34.8 Å². The molecule has 5 heteroatoms. The summed E-state index contributed by atoms with van der Waals surface area (Å²) in [6.45, 7) is 3.62. The summed E-state index contributed by atoms with van der Waals surface area (Å²) in [7, 11) is 0. The molecule has 1 unspecified atom stereocenters. The molecule has 2 aromatic rings. The highest BCUT2D eigenvalue weighted by Gasteiger charge is 2.16. The molecule has 0 saturated carbocycles. The summed E-state index contributed by atoms with van der Waals surface area (Å²) in [4.78, 5) is 0. The first-order chi connectivity index (χ1) is 9.38. The highest BCUT2D eigenvalue weighted by atomic mass is 79.9. The van der Waals surface area contributed by atoms with Crippen molar-refractivity contribution in [1.82, 2.24) is 0 Å². The number of aryl methyl sites for hydroxylation is 1. The Morgan fingerprint density at radius 2 is 1.75 bits per heavy atom. The molecule has 0 aliphatic rings. The van der Waals surface area contributed by atoms with Crippen LogP contribution in [0.3, 0.4) is 0 Å². The quantitative estimate of drug-likeness (QED) is 0.830. The molecule has 0 amide bonds. The minimum Gasteiger partial charge on any atom is -0.508 e. The number of phenols is 1. The summed E-state index contributed by atoms with van der Waals surface area (Å²) in [5.74, 6) is -1.28. The van der Waals surface area contributed by atoms with Crippen LogP contribution in [-0.2, 0) is 0 Å². The molecule has 2 nitrogen and oxygen atoms in total. The summed E-state index contributed by atoms with van der Waals surface area (Å²) in [5, 5.41) is 12.6. The van der Waals surface area contributed by atoms with Crippen molar-refractivity contribution in [3.05, 3.63) is 57.6 Å². The van der Waals surface area contributed by atoms with E-state index in [4.69, 9.17) is 0 Å². The summed E-state index contributed by atoms with van der Waals surface area (Å²) in [6.07, 6.45) is 0. The van der Waals surface area contributed by atoms with Gasteiger partial charge in [0.25, 0.3) is 0 Å². The predicted molar refractivity (Wildman–Crippen MR) is 78.9 cm³/mol. The third kappa shape index (κ3) is 3.10. The van der Waals surface area contributed by atoms with Crippen molar-refractivity contribution in [2.24, 2.45) is 0 Å². The van der Waals surface area contributed by atoms with Gasteiger partial charge in [0, 0.05) is 10.0 Å². The maximum atomic E-state index is 13.8. The number of benzene rings is 2. The monoisotopic (exact) mass is 341 g/mol. The van der Waals surface area contributed by atoms with Crippen molar-refractivity contribution in [2.75, 3.05) is 5.32 Å². The molecule has 0 bridgehead atoms. The maximum absolute atomic E-state index is 13.8. The van der Waals surface area contributed by atoms with Crippen molar-refractivity contribution >= 4 is 21.6 Å². The van der Waals surface area contributed by atoms with Crippen LogP contribution in [0.4, 0.5) is 14.5 Å². The Hall–Kier alpha value is -1.62. The molecule has 1 atom stereocenters. The zero-order valence-electron chi connectivity index (χ0n) is 11.0. The molecule has 0 aliphatic heterocycles. The third-order valence-electron chi connectivity index (χ3n) is 3.02. The zero-order valence-corrected chi connectivity index (χ0v) is 12.6. The average Bonchev–Trinajstić information content (AvgIpc) is 2.36. The van der Waals surface area contributed by atoms with E-state index in [0.717, 1.165) is 5.56 Å². The minimum atomic E-state index is -0.684. The van der Waals surface area contributed by atoms with E-state index in [9.17, 15) is 13.9 Å². The smallest absolute Gasteiger partial charge is 0.150 e. The van der Waals surface area contributed by atoms with Gasteiger partial charge >= 0.3 is 0 Å².